The topological polar surface area (TPSA) is 94.0 Å². The van der Waals surface area contributed by atoms with Gasteiger partial charge in [-0.05, 0) is 60.2 Å². The number of aromatic nitrogens is 4. The Hall–Kier alpha value is -3.69. The van der Waals surface area contributed by atoms with Crippen molar-refractivity contribution in [2.24, 2.45) is 0 Å². The van der Waals surface area contributed by atoms with E-state index < -0.39 is 6.04 Å². The van der Waals surface area contributed by atoms with Gasteiger partial charge in [0.15, 0.2) is 0 Å². The van der Waals surface area contributed by atoms with Crippen LogP contribution >= 0.6 is 27.5 Å². The summed E-state index contributed by atoms with van der Waals surface area (Å²) in [5.41, 5.74) is 4.38. The number of amides is 1. The van der Waals surface area contributed by atoms with Crippen LogP contribution in [0.2, 0.25) is 5.02 Å². The molecule has 182 valence electrons. The highest BCUT2D eigenvalue weighted by Crippen LogP contribution is 2.40. The molecule has 1 aliphatic heterocycles. The Morgan fingerprint density at radius 2 is 1.92 bits per heavy atom. The second-order valence-electron chi connectivity index (χ2n) is 8.34. The molecule has 1 aromatic heterocycles. The van der Waals surface area contributed by atoms with Crippen LogP contribution in [0.5, 0.6) is 5.75 Å². The maximum absolute atomic E-state index is 13.7. The third-order valence-electron chi connectivity index (χ3n) is 5.96. The van der Waals surface area contributed by atoms with Crippen LogP contribution < -0.4 is 15.4 Å². The standard InChI is InChI=1S/C26H22BrClN6O2/c1-15-7-3-6-10-21(15)30-25(35)23-16(2)29-26-31-32-33-34(26)24(23)19-13-18(27)11-12-22(19)36-14-17-8-4-5-9-20(17)28/h3-13,24H,14H2,1-2H3,(H,30,35)(H,29,31,33). The monoisotopic (exact) mass is 564 g/mol. The largest absolute Gasteiger partial charge is 0.488 e. The summed E-state index contributed by atoms with van der Waals surface area (Å²) in [6.07, 6.45) is 0. The quantitative estimate of drug-likeness (QED) is 0.302. The number of halogens is 2. The molecule has 2 N–H and O–H groups in total. The number of aryl methyl sites for hydroxylation is 1. The second-order valence-corrected chi connectivity index (χ2v) is 9.67. The highest BCUT2D eigenvalue weighted by molar-refractivity contribution is 9.10. The van der Waals surface area contributed by atoms with Gasteiger partial charge in [0.25, 0.3) is 5.91 Å². The Morgan fingerprint density at radius 1 is 1.14 bits per heavy atom. The number of carbonyl (C=O) groups excluding carboxylic acids is 1. The number of benzene rings is 3. The van der Waals surface area contributed by atoms with Gasteiger partial charge >= 0.3 is 0 Å². The number of tetrazole rings is 1. The molecular formula is C26H22BrClN6O2. The van der Waals surface area contributed by atoms with Gasteiger partial charge in [0.2, 0.25) is 5.95 Å². The van der Waals surface area contributed by atoms with Gasteiger partial charge in [-0.25, -0.2) is 0 Å². The zero-order valence-corrected chi connectivity index (χ0v) is 21.8. The summed E-state index contributed by atoms with van der Waals surface area (Å²) >= 11 is 9.91. The molecule has 0 saturated carbocycles. The molecule has 5 rings (SSSR count). The van der Waals surface area contributed by atoms with Crippen molar-refractivity contribution in [2.75, 3.05) is 10.6 Å². The number of nitrogens with one attached hydrogen (secondary N) is 2. The van der Waals surface area contributed by atoms with Gasteiger partial charge in [-0.3, -0.25) is 4.79 Å². The van der Waals surface area contributed by atoms with Crippen LogP contribution in [0.3, 0.4) is 0 Å². The maximum Gasteiger partial charge on any atom is 0.255 e. The first-order chi connectivity index (χ1) is 17.4. The van der Waals surface area contributed by atoms with E-state index in [4.69, 9.17) is 16.3 Å². The lowest BCUT2D eigenvalue weighted by Gasteiger charge is -2.29. The minimum atomic E-state index is -0.640. The highest BCUT2D eigenvalue weighted by atomic mass is 79.9. The van der Waals surface area contributed by atoms with E-state index in [2.05, 4.69) is 42.1 Å². The van der Waals surface area contributed by atoms with Crippen LogP contribution in [-0.4, -0.2) is 26.1 Å². The van der Waals surface area contributed by atoms with Crippen molar-refractivity contribution in [1.29, 1.82) is 0 Å². The van der Waals surface area contributed by atoms with Crippen LogP contribution in [0.25, 0.3) is 0 Å². The average molecular weight is 566 g/mol. The van der Waals surface area contributed by atoms with E-state index >= 15 is 0 Å². The number of hydrogen-bond donors (Lipinski definition) is 2. The van der Waals surface area contributed by atoms with E-state index in [1.807, 2.05) is 80.6 Å². The molecule has 0 fully saturated rings. The molecule has 2 heterocycles. The number of hydrogen-bond acceptors (Lipinski definition) is 6. The summed E-state index contributed by atoms with van der Waals surface area (Å²) in [7, 11) is 0. The molecule has 0 radical (unpaired) electrons. The molecule has 3 aromatic carbocycles. The Bertz CT molecular complexity index is 1480. The lowest BCUT2D eigenvalue weighted by atomic mass is 9.94. The molecule has 0 saturated heterocycles. The molecule has 1 aliphatic rings. The van der Waals surface area contributed by atoms with Gasteiger partial charge in [0.05, 0.1) is 5.57 Å². The number of anilines is 2. The fourth-order valence-corrected chi connectivity index (χ4v) is 4.70. The van der Waals surface area contributed by atoms with Crippen molar-refractivity contribution in [1.82, 2.24) is 20.2 Å². The molecule has 1 amide bonds. The Balaban J connectivity index is 1.56. The summed E-state index contributed by atoms with van der Waals surface area (Å²) in [4.78, 5) is 13.7. The normalized spacial score (nSPS) is 14.7. The lowest BCUT2D eigenvalue weighted by Crippen LogP contribution is -2.32. The van der Waals surface area contributed by atoms with Crippen molar-refractivity contribution in [3.63, 3.8) is 0 Å². The van der Waals surface area contributed by atoms with Crippen molar-refractivity contribution in [2.45, 2.75) is 26.5 Å². The van der Waals surface area contributed by atoms with E-state index in [9.17, 15) is 4.79 Å². The Labute approximate surface area is 221 Å². The summed E-state index contributed by atoms with van der Waals surface area (Å²) in [6, 6.07) is 20.2. The van der Waals surface area contributed by atoms with Gasteiger partial charge in [0.1, 0.15) is 18.4 Å². The van der Waals surface area contributed by atoms with Crippen LogP contribution in [0.15, 0.2) is 82.5 Å². The van der Waals surface area contributed by atoms with Gasteiger partial charge in [-0.2, -0.15) is 4.68 Å². The van der Waals surface area contributed by atoms with Gasteiger partial charge < -0.3 is 15.4 Å². The molecule has 4 aromatic rings. The van der Waals surface area contributed by atoms with Crippen LogP contribution in [0.1, 0.15) is 29.7 Å². The van der Waals surface area contributed by atoms with Crippen molar-refractivity contribution in [3.8, 4) is 5.75 Å². The Kier molecular flexibility index (Phi) is 6.75. The first-order valence-corrected chi connectivity index (χ1v) is 12.4. The molecular weight excluding hydrogens is 544 g/mol. The van der Waals surface area contributed by atoms with Crippen molar-refractivity contribution < 1.29 is 9.53 Å². The third kappa shape index (κ3) is 4.72. The summed E-state index contributed by atoms with van der Waals surface area (Å²) in [5, 5.41) is 18.9. The zero-order valence-electron chi connectivity index (χ0n) is 19.5. The summed E-state index contributed by atoms with van der Waals surface area (Å²) in [6.45, 7) is 4.04. The fraction of sp³-hybridized carbons (Fsp3) is 0.154. The molecule has 10 heteroatoms. The van der Waals surface area contributed by atoms with Crippen LogP contribution in [-0.2, 0) is 11.4 Å². The van der Waals surface area contributed by atoms with E-state index in [1.54, 1.807) is 4.68 Å². The van der Waals surface area contributed by atoms with Crippen molar-refractivity contribution in [3.05, 3.63) is 104 Å². The molecule has 0 aliphatic carbocycles. The number of carbonyl (C=O) groups is 1. The number of nitrogens with zero attached hydrogens (tertiary/aromatic N) is 4. The minimum absolute atomic E-state index is 0.259. The average Bonchev–Trinajstić information content (AvgIpc) is 3.32. The number of rotatable bonds is 6. The molecule has 8 nitrogen and oxygen atoms in total. The predicted molar refractivity (Wildman–Crippen MR) is 142 cm³/mol. The zero-order chi connectivity index (χ0) is 25.2. The van der Waals surface area contributed by atoms with Gasteiger partial charge in [-0.15, -0.1) is 0 Å². The molecule has 0 spiro atoms. The highest BCUT2D eigenvalue weighted by Gasteiger charge is 2.36. The van der Waals surface area contributed by atoms with E-state index in [-0.39, 0.29) is 12.5 Å². The van der Waals surface area contributed by atoms with Crippen LogP contribution in [0.4, 0.5) is 11.6 Å². The van der Waals surface area contributed by atoms with E-state index in [1.165, 1.54) is 0 Å². The predicted octanol–water partition coefficient (Wildman–Crippen LogP) is 5.90. The number of allylic oxidation sites excluding steroid dienone is 1. The SMILES string of the molecule is CC1=C(C(=O)Nc2ccccc2C)C(c2cc(Br)ccc2OCc2ccccc2Cl)n2nnnc2N1. The number of para-hydroxylation sites is 1. The van der Waals surface area contributed by atoms with Gasteiger partial charge in [0, 0.05) is 32.0 Å². The maximum atomic E-state index is 13.7. The van der Waals surface area contributed by atoms with Crippen LogP contribution in [0, 0.1) is 6.92 Å². The smallest absolute Gasteiger partial charge is 0.255 e. The van der Waals surface area contributed by atoms with E-state index in [0.29, 0.717) is 28.0 Å². The molecule has 0 bridgehead atoms. The molecule has 1 atom stereocenters. The molecule has 36 heavy (non-hydrogen) atoms. The van der Waals surface area contributed by atoms with E-state index in [0.717, 1.165) is 26.9 Å². The first kappa shape index (κ1) is 24.0. The number of fused-ring (bicyclic) bond motifs is 1. The first-order valence-electron chi connectivity index (χ1n) is 11.2. The fourth-order valence-electron chi connectivity index (χ4n) is 4.13. The minimum Gasteiger partial charge on any atom is -0.488 e. The third-order valence-corrected chi connectivity index (χ3v) is 6.82. The summed E-state index contributed by atoms with van der Waals surface area (Å²) < 4.78 is 8.66. The number of ether oxygens (including phenoxy) is 1. The Morgan fingerprint density at radius 3 is 2.72 bits per heavy atom. The second kappa shape index (κ2) is 10.1. The summed E-state index contributed by atoms with van der Waals surface area (Å²) in [5.74, 6) is 0.750. The van der Waals surface area contributed by atoms with Gasteiger partial charge in [-0.1, -0.05) is 69.0 Å². The molecule has 1 unspecified atom stereocenters. The lowest BCUT2D eigenvalue weighted by molar-refractivity contribution is -0.113. The van der Waals surface area contributed by atoms with Crippen molar-refractivity contribution >= 4 is 45.1 Å².